The number of nitrogens with one attached hydrogen (secondary N) is 3. The molecule has 9 heteroatoms. The lowest BCUT2D eigenvalue weighted by atomic mass is 9.86. The van der Waals surface area contributed by atoms with Crippen LogP contribution in [0.1, 0.15) is 48.7 Å². The second kappa shape index (κ2) is 10.9. The summed E-state index contributed by atoms with van der Waals surface area (Å²) in [6.45, 7) is 10.9. The molecule has 5 rings (SSSR count). The first-order valence-corrected chi connectivity index (χ1v) is 13.4. The Kier molecular flexibility index (Phi) is 7.40. The van der Waals surface area contributed by atoms with Crippen LogP contribution in [0, 0.1) is 0 Å². The highest BCUT2D eigenvalue weighted by molar-refractivity contribution is 6.06. The molecule has 206 valence electrons. The zero-order valence-electron chi connectivity index (χ0n) is 23.0. The van der Waals surface area contributed by atoms with Crippen molar-refractivity contribution >= 4 is 34.4 Å². The molecule has 2 amide bonds. The molecule has 1 aliphatic rings. The van der Waals surface area contributed by atoms with E-state index < -0.39 is 0 Å². The van der Waals surface area contributed by atoms with Crippen molar-refractivity contribution in [2.45, 2.75) is 45.3 Å². The average Bonchev–Trinajstić information content (AvgIpc) is 3.59. The molecule has 1 saturated heterocycles. The predicted molar refractivity (Wildman–Crippen MR) is 157 cm³/mol. The molecule has 0 bridgehead atoms. The molecule has 0 saturated carbocycles. The number of likely N-dealkylation sites (tertiary alicyclic amines) is 1. The molecule has 4 N–H and O–H groups in total. The zero-order chi connectivity index (χ0) is 28.4. The van der Waals surface area contributed by atoms with Gasteiger partial charge in [0.1, 0.15) is 0 Å². The highest BCUT2D eigenvalue weighted by atomic mass is 16.3. The molecule has 1 aliphatic heterocycles. The third-order valence-electron chi connectivity index (χ3n) is 7.36. The standard InChI is InChI=1S/C31H34N6O3/c1-5-26(39)37-16-14-21(17-37)33-29-27-23(13-15-32-28(27)35-36-29)22-7-6-8-25(24(22)18-38)34-30(40)19-9-11-20(12-10-19)31(2,3)4/h5-13,15,21,38H,1,14,16-18H2,2-4H3,(H,34,40)(H2,32,33,35,36)/t21-/m1/s1. The Morgan fingerprint density at radius 2 is 1.93 bits per heavy atom. The van der Waals surface area contributed by atoms with Gasteiger partial charge in [-0.2, -0.15) is 5.10 Å². The van der Waals surface area contributed by atoms with Gasteiger partial charge in [0.05, 0.1) is 12.0 Å². The molecule has 0 radical (unpaired) electrons. The van der Waals surface area contributed by atoms with Crippen LogP contribution in [0.2, 0.25) is 0 Å². The monoisotopic (exact) mass is 538 g/mol. The number of aromatic amines is 1. The van der Waals surface area contributed by atoms with Crippen LogP contribution in [0.25, 0.3) is 22.2 Å². The second-order valence-electron chi connectivity index (χ2n) is 11.0. The van der Waals surface area contributed by atoms with Crippen LogP contribution in [0.15, 0.2) is 67.4 Å². The average molecular weight is 539 g/mol. The maximum Gasteiger partial charge on any atom is 0.255 e. The van der Waals surface area contributed by atoms with Crippen molar-refractivity contribution in [3.63, 3.8) is 0 Å². The normalized spacial score (nSPS) is 15.3. The minimum Gasteiger partial charge on any atom is -0.392 e. The summed E-state index contributed by atoms with van der Waals surface area (Å²) < 4.78 is 0. The van der Waals surface area contributed by atoms with Crippen molar-refractivity contribution in [1.82, 2.24) is 20.1 Å². The second-order valence-corrected chi connectivity index (χ2v) is 11.0. The first kappa shape index (κ1) is 27.1. The number of aliphatic hydroxyl groups excluding tert-OH is 1. The summed E-state index contributed by atoms with van der Waals surface area (Å²) in [5.41, 5.74) is 4.95. The lowest BCUT2D eigenvalue weighted by molar-refractivity contribution is -0.125. The molecular formula is C31H34N6O3. The van der Waals surface area contributed by atoms with Crippen molar-refractivity contribution in [2.24, 2.45) is 0 Å². The molecule has 4 aromatic rings. The maximum atomic E-state index is 13.1. The van der Waals surface area contributed by atoms with E-state index in [1.54, 1.807) is 17.2 Å². The topological polar surface area (TPSA) is 123 Å². The third kappa shape index (κ3) is 5.33. The fourth-order valence-electron chi connectivity index (χ4n) is 5.12. The maximum absolute atomic E-state index is 13.1. The Balaban J connectivity index is 1.45. The van der Waals surface area contributed by atoms with Crippen LogP contribution in [-0.4, -0.2) is 56.1 Å². The van der Waals surface area contributed by atoms with Gasteiger partial charge in [0.25, 0.3) is 5.91 Å². The summed E-state index contributed by atoms with van der Waals surface area (Å²) in [7, 11) is 0. The van der Waals surface area contributed by atoms with E-state index in [1.807, 2.05) is 42.5 Å². The van der Waals surface area contributed by atoms with Crippen LogP contribution in [0.5, 0.6) is 0 Å². The van der Waals surface area contributed by atoms with E-state index in [1.165, 1.54) is 6.08 Å². The van der Waals surface area contributed by atoms with Gasteiger partial charge in [-0.1, -0.05) is 51.6 Å². The van der Waals surface area contributed by atoms with Gasteiger partial charge in [-0.3, -0.25) is 14.7 Å². The fourth-order valence-corrected chi connectivity index (χ4v) is 5.12. The number of anilines is 2. The summed E-state index contributed by atoms with van der Waals surface area (Å²) in [5.74, 6) is 0.279. The largest absolute Gasteiger partial charge is 0.392 e. The van der Waals surface area contributed by atoms with E-state index in [4.69, 9.17) is 0 Å². The molecule has 40 heavy (non-hydrogen) atoms. The van der Waals surface area contributed by atoms with Crippen molar-refractivity contribution in [1.29, 1.82) is 0 Å². The highest BCUT2D eigenvalue weighted by Crippen LogP contribution is 2.37. The number of rotatable bonds is 7. The molecule has 2 aromatic heterocycles. The van der Waals surface area contributed by atoms with E-state index >= 15 is 0 Å². The Morgan fingerprint density at radius 3 is 2.62 bits per heavy atom. The molecule has 9 nitrogen and oxygen atoms in total. The summed E-state index contributed by atoms with van der Waals surface area (Å²) in [6.07, 6.45) is 3.80. The Bertz CT molecular complexity index is 1570. The minimum absolute atomic E-state index is 0.00969. The summed E-state index contributed by atoms with van der Waals surface area (Å²) in [6, 6.07) is 15.0. The van der Waals surface area contributed by atoms with Crippen molar-refractivity contribution in [3.05, 3.63) is 84.1 Å². The number of fused-ring (bicyclic) bond motifs is 1. The van der Waals surface area contributed by atoms with E-state index in [-0.39, 0.29) is 29.9 Å². The number of pyridine rings is 1. The Morgan fingerprint density at radius 1 is 1.15 bits per heavy atom. The van der Waals surface area contributed by atoms with Gasteiger partial charge >= 0.3 is 0 Å². The first-order valence-electron chi connectivity index (χ1n) is 13.4. The molecule has 0 spiro atoms. The number of benzene rings is 2. The van der Waals surface area contributed by atoms with Crippen molar-refractivity contribution in [3.8, 4) is 11.1 Å². The summed E-state index contributed by atoms with van der Waals surface area (Å²) in [5, 5.41) is 25.1. The molecule has 1 fully saturated rings. The van der Waals surface area contributed by atoms with Crippen LogP contribution in [0.3, 0.4) is 0 Å². The van der Waals surface area contributed by atoms with E-state index in [9.17, 15) is 14.7 Å². The molecule has 3 heterocycles. The minimum atomic E-state index is -0.277. The summed E-state index contributed by atoms with van der Waals surface area (Å²) in [4.78, 5) is 31.4. The number of hydrogen-bond donors (Lipinski definition) is 4. The number of amides is 2. The van der Waals surface area contributed by atoms with Gasteiger partial charge in [0.15, 0.2) is 11.5 Å². The van der Waals surface area contributed by atoms with Gasteiger partial charge < -0.3 is 20.6 Å². The van der Waals surface area contributed by atoms with Gasteiger partial charge in [0, 0.05) is 42.1 Å². The Hall–Kier alpha value is -4.50. The molecule has 1 atom stereocenters. The number of aliphatic hydroxyl groups is 1. The third-order valence-corrected chi connectivity index (χ3v) is 7.36. The SMILES string of the molecule is C=CC(=O)N1CC[C@@H](Nc2n[nH]c3nccc(-c4cccc(NC(=O)c5ccc(C(C)(C)C)cc5)c4CO)c23)C1. The van der Waals surface area contributed by atoms with Gasteiger partial charge in [0.2, 0.25) is 5.91 Å². The number of carbonyl (C=O) groups is 2. The molecule has 2 aromatic carbocycles. The Labute approximate surface area is 233 Å². The van der Waals surface area contributed by atoms with Gasteiger partial charge in [-0.25, -0.2) is 4.98 Å². The van der Waals surface area contributed by atoms with Crippen LogP contribution < -0.4 is 10.6 Å². The van der Waals surface area contributed by atoms with Crippen LogP contribution in [0.4, 0.5) is 11.5 Å². The van der Waals surface area contributed by atoms with Gasteiger partial charge in [-0.15, -0.1) is 0 Å². The van der Waals surface area contributed by atoms with E-state index in [0.29, 0.717) is 41.4 Å². The lowest BCUT2D eigenvalue weighted by Gasteiger charge is -2.19. The number of nitrogens with zero attached hydrogens (tertiary/aromatic N) is 3. The number of hydrogen-bond acceptors (Lipinski definition) is 6. The fraction of sp³-hybridized carbons (Fsp3) is 0.290. The van der Waals surface area contributed by atoms with Crippen molar-refractivity contribution < 1.29 is 14.7 Å². The zero-order valence-corrected chi connectivity index (χ0v) is 23.0. The lowest BCUT2D eigenvalue weighted by Crippen LogP contribution is -2.30. The summed E-state index contributed by atoms with van der Waals surface area (Å²) >= 11 is 0. The number of aromatic nitrogens is 3. The van der Waals surface area contributed by atoms with E-state index in [2.05, 4.69) is 53.2 Å². The molecule has 0 unspecified atom stereocenters. The van der Waals surface area contributed by atoms with Gasteiger partial charge in [-0.05, 0) is 58.9 Å². The number of carbonyl (C=O) groups excluding carboxylic acids is 2. The van der Waals surface area contributed by atoms with Crippen molar-refractivity contribution in [2.75, 3.05) is 23.7 Å². The molecular weight excluding hydrogens is 504 g/mol. The first-order chi connectivity index (χ1) is 19.2. The molecule has 0 aliphatic carbocycles. The predicted octanol–water partition coefficient (Wildman–Crippen LogP) is 4.87. The van der Waals surface area contributed by atoms with E-state index in [0.717, 1.165) is 28.5 Å². The smallest absolute Gasteiger partial charge is 0.255 e. The highest BCUT2D eigenvalue weighted by Gasteiger charge is 2.27. The van der Waals surface area contributed by atoms with Crippen LogP contribution >= 0.6 is 0 Å². The quantitative estimate of drug-likeness (QED) is 0.249. The number of H-pyrrole nitrogens is 1. The van der Waals surface area contributed by atoms with Crippen LogP contribution in [-0.2, 0) is 16.8 Å².